The third kappa shape index (κ3) is 4.07. The number of aliphatic hydroxyl groups is 1. The molecule has 1 saturated heterocycles. The van der Waals surface area contributed by atoms with Crippen LogP contribution in [0.5, 0.6) is 5.75 Å². The Hall–Kier alpha value is -1.96. The molecule has 0 unspecified atom stereocenters. The van der Waals surface area contributed by atoms with E-state index in [0.29, 0.717) is 13.0 Å². The minimum atomic E-state index is -4.51. The number of carbonyl (C=O) groups excluding carboxylic acids is 1. The molecule has 1 heterocycles. The van der Waals surface area contributed by atoms with Crippen LogP contribution in [-0.2, 0) is 6.18 Å². The Labute approximate surface area is 132 Å². The zero-order valence-corrected chi connectivity index (χ0v) is 12.7. The van der Waals surface area contributed by atoms with Gasteiger partial charge in [0.1, 0.15) is 5.75 Å². The number of halogens is 3. The van der Waals surface area contributed by atoms with Crippen molar-refractivity contribution in [3.05, 3.63) is 23.8 Å². The Morgan fingerprint density at radius 1 is 1.48 bits per heavy atom. The number of ether oxygens (including phenoxy) is 1. The lowest BCUT2D eigenvalue weighted by molar-refractivity contribution is -0.137. The number of hydrogen-bond acceptors (Lipinski definition) is 3. The highest BCUT2D eigenvalue weighted by Gasteiger charge is 2.32. The average molecular weight is 332 g/mol. The van der Waals surface area contributed by atoms with E-state index in [4.69, 9.17) is 4.74 Å². The number of likely N-dealkylation sites (tertiary alicyclic amines) is 1. The molecule has 8 heteroatoms. The molecular formula is C15H19F3N2O3. The number of benzene rings is 1. The fourth-order valence-electron chi connectivity index (χ4n) is 2.57. The van der Waals surface area contributed by atoms with Gasteiger partial charge >= 0.3 is 12.2 Å². The van der Waals surface area contributed by atoms with Crippen LogP contribution in [0.4, 0.5) is 23.7 Å². The van der Waals surface area contributed by atoms with Crippen molar-refractivity contribution in [1.82, 2.24) is 4.90 Å². The summed E-state index contributed by atoms with van der Waals surface area (Å²) in [6.45, 7) is 2.25. The summed E-state index contributed by atoms with van der Waals surface area (Å²) in [6, 6.07) is 2.10. The Morgan fingerprint density at radius 2 is 2.22 bits per heavy atom. The third-order valence-electron chi connectivity index (χ3n) is 3.70. The van der Waals surface area contributed by atoms with E-state index in [-0.39, 0.29) is 30.7 Å². The molecular weight excluding hydrogens is 313 g/mol. The number of aliphatic hydroxyl groups excluding tert-OH is 1. The average Bonchev–Trinajstić information content (AvgIpc) is 2.96. The molecule has 1 aliphatic rings. The summed E-state index contributed by atoms with van der Waals surface area (Å²) in [5.41, 5.74) is -0.897. The van der Waals surface area contributed by atoms with E-state index >= 15 is 0 Å². The molecule has 128 valence electrons. The van der Waals surface area contributed by atoms with Gasteiger partial charge in [0.05, 0.1) is 30.5 Å². The van der Waals surface area contributed by atoms with Gasteiger partial charge in [0.25, 0.3) is 0 Å². The number of hydrogen-bond donors (Lipinski definition) is 2. The molecule has 23 heavy (non-hydrogen) atoms. The molecule has 1 aromatic rings. The van der Waals surface area contributed by atoms with Crippen LogP contribution in [-0.4, -0.2) is 41.8 Å². The summed E-state index contributed by atoms with van der Waals surface area (Å²) in [5, 5.41) is 11.7. The number of rotatable bonds is 4. The van der Waals surface area contributed by atoms with E-state index in [9.17, 15) is 23.1 Å². The lowest BCUT2D eigenvalue weighted by atomic mass is 10.1. The van der Waals surface area contributed by atoms with E-state index in [1.54, 1.807) is 6.92 Å². The van der Waals surface area contributed by atoms with Crippen LogP contribution < -0.4 is 10.1 Å². The number of nitrogens with one attached hydrogen (secondary N) is 1. The topological polar surface area (TPSA) is 61.8 Å². The Bertz CT molecular complexity index is 563. The quantitative estimate of drug-likeness (QED) is 0.891. The number of nitrogens with zero attached hydrogens (tertiary/aromatic N) is 1. The second kappa shape index (κ2) is 7.08. The van der Waals surface area contributed by atoms with Crippen molar-refractivity contribution >= 4 is 11.7 Å². The fraction of sp³-hybridized carbons (Fsp3) is 0.533. The van der Waals surface area contributed by atoms with Crippen molar-refractivity contribution in [1.29, 1.82) is 0 Å². The van der Waals surface area contributed by atoms with E-state index in [1.807, 2.05) is 0 Å². The first-order chi connectivity index (χ1) is 10.9. The molecule has 2 amide bonds. The van der Waals surface area contributed by atoms with E-state index in [0.717, 1.165) is 18.6 Å². The highest BCUT2D eigenvalue weighted by molar-refractivity contribution is 5.91. The Balaban J connectivity index is 2.24. The predicted molar refractivity (Wildman–Crippen MR) is 78.4 cm³/mol. The second-order valence-corrected chi connectivity index (χ2v) is 5.24. The maximum atomic E-state index is 12.8. The third-order valence-corrected chi connectivity index (χ3v) is 3.70. The first kappa shape index (κ1) is 17.4. The summed E-state index contributed by atoms with van der Waals surface area (Å²) < 4.78 is 43.8. The van der Waals surface area contributed by atoms with E-state index < -0.39 is 17.8 Å². The zero-order valence-electron chi connectivity index (χ0n) is 12.7. The maximum absolute atomic E-state index is 12.8. The van der Waals surface area contributed by atoms with Gasteiger partial charge in [-0.05, 0) is 38.0 Å². The van der Waals surface area contributed by atoms with Gasteiger partial charge in [-0.2, -0.15) is 13.2 Å². The highest BCUT2D eigenvalue weighted by atomic mass is 19.4. The lowest BCUT2D eigenvalue weighted by Crippen LogP contribution is -2.40. The molecule has 0 aromatic heterocycles. The van der Waals surface area contributed by atoms with Gasteiger partial charge in [-0.25, -0.2) is 4.79 Å². The van der Waals surface area contributed by atoms with E-state index in [1.165, 1.54) is 11.0 Å². The largest absolute Gasteiger partial charge is 0.492 e. The van der Waals surface area contributed by atoms with Crippen molar-refractivity contribution in [2.45, 2.75) is 32.0 Å². The van der Waals surface area contributed by atoms with Crippen molar-refractivity contribution in [2.24, 2.45) is 0 Å². The summed E-state index contributed by atoms with van der Waals surface area (Å²) in [5.74, 6) is 0.175. The smallest absolute Gasteiger partial charge is 0.416 e. The van der Waals surface area contributed by atoms with Crippen LogP contribution in [0.3, 0.4) is 0 Å². The SMILES string of the molecule is CCOc1ccc(C(F)(F)F)cc1NC(=O)N1CCC[C@H]1CO. The van der Waals surface area contributed by atoms with Gasteiger partial charge in [0, 0.05) is 6.54 Å². The number of anilines is 1. The molecule has 0 bridgehead atoms. The number of carbonyl (C=O) groups is 1. The molecule has 0 aliphatic carbocycles. The molecule has 0 spiro atoms. The van der Waals surface area contributed by atoms with Gasteiger partial charge in [-0.1, -0.05) is 0 Å². The molecule has 0 radical (unpaired) electrons. The number of amides is 2. The van der Waals surface area contributed by atoms with Gasteiger partial charge in [-0.15, -0.1) is 0 Å². The molecule has 1 aromatic carbocycles. The predicted octanol–water partition coefficient (Wildman–Crippen LogP) is 3.09. The highest BCUT2D eigenvalue weighted by Crippen LogP contribution is 2.35. The number of alkyl halides is 3. The molecule has 1 fully saturated rings. The van der Waals surface area contributed by atoms with Gasteiger partial charge in [0.15, 0.2) is 0 Å². The van der Waals surface area contributed by atoms with Crippen molar-refractivity contribution < 1.29 is 27.8 Å². The summed E-state index contributed by atoms with van der Waals surface area (Å²) >= 11 is 0. The summed E-state index contributed by atoms with van der Waals surface area (Å²) in [6.07, 6.45) is -3.09. The van der Waals surface area contributed by atoms with Gasteiger partial charge in [-0.3, -0.25) is 0 Å². The van der Waals surface area contributed by atoms with Crippen LogP contribution in [0.25, 0.3) is 0 Å². The summed E-state index contributed by atoms with van der Waals surface area (Å²) in [7, 11) is 0. The summed E-state index contributed by atoms with van der Waals surface area (Å²) in [4.78, 5) is 13.7. The monoisotopic (exact) mass is 332 g/mol. The van der Waals surface area contributed by atoms with Crippen LogP contribution in [0.2, 0.25) is 0 Å². The molecule has 1 aliphatic heterocycles. The Morgan fingerprint density at radius 3 is 2.83 bits per heavy atom. The number of urea groups is 1. The van der Waals surface area contributed by atoms with Crippen LogP contribution in [0.1, 0.15) is 25.3 Å². The normalized spacial score (nSPS) is 18.1. The first-order valence-electron chi connectivity index (χ1n) is 7.39. The molecule has 2 N–H and O–H groups in total. The van der Waals surface area contributed by atoms with Gasteiger partial charge < -0.3 is 20.1 Å². The standard InChI is InChI=1S/C15H19F3N2O3/c1-2-23-13-6-5-10(15(16,17)18)8-12(13)19-14(22)20-7-3-4-11(20)9-21/h5-6,8,11,21H,2-4,7,9H2,1H3,(H,19,22)/t11-/m0/s1. The molecule has 2 rings (SSSR count). The molecule has 1 atom stereocenters. The first-order valence-corrected chi connectivity index (χ1v) is 7.39. The van der Waals surface area contributed by atoms with Crippen LogP contribution >= 0.6 is 0 Å². The molecule has 0 saturated carbocycles. The maximum Gasteiger partial charge on any atom is 0.416 e. The molecule has 5 nitrogen and oxygen atoms in total. The zero-order chi connectivity index (χ0) is 17.0. The fourth-order valence-corrected chi connectivity index (χ4v) is 2.57. The lowest BCUT2D eigenvalue weighted by Gasteiger charge is -2.24. The van der Waals surface area contributed by atoms with Crippen molar-refractivity contribution in [2.75, 3.05) is 25.1 Å². The van der Waals surface area contributed by atoms with Crippen molar-refractivity contribution in [3.63, 3.8) is 0 Å². The van der Waals surface area contributed by atoms with Crippen molar-refractivity contribution in [3.8, 4) is 5.75 Å². The van der Waals surface area contributed by atoms with Gasteiger partial charge in [0.2, 0.25) is 0 Å². The minimum absolute atomic E-state index is 0.0322. The Kier molecular flexibility index (Phi) is 5.35. The minimum Gasteiger partial charge on any atom is -0.492 e. The van der Waals surface area contributed by atoms with Crippen LogP contribution in [0, 0.1) is 0 Å². The van der Waals surface area contributed by atoms with Crippen LogP contribution in [0.15, 0.2) is 18.2 Å². The second-order valence-electron chi connectivity index (χ2n) is 5.24. The van der Waals surface area contributed by atoms with E-state index in [2.05, 4.69) is 5.32 Å².